The number of aromatic nitrogens is 2. The molecule has 0 N–H and O–H groups in total. The lowest BCUT2D eigenvalue weighted by Crippen LogP contribution is -2.23. The lowest BCUT2D eigenvalue weighted by molar-refractivity contribution is -0.490. The highest BCUT2D eigenvalue weighted by Crippen LogP contribution is 2.15. The van der Waals surface area contributed by atoms with E-state index in [1.54, 1.807) is 10.8 Å². The Kier molecular flexibility index (Phi) is 5.74. The summed E-state index contributed by atoms with van der Waals surface area (Å²) in [6.07, 6.45) is 3.06. The zero-order chi connectivity index (χ0) is 15.1. The number of hydrogen-bond acceptors (Lipinski definition) is 8. The van der Waals surface area contributed by atoms with E-state index in [1.165, 1.54) is 49.2 Å². The van der Waals surface area contributed by atoms with Crippen molar-refractivity contribution in [2.75, 3.05) is 24.1 Å². The molecule has 10 nitrogen and oxygen atoms in total. The molecule has 2 aromatic rings. The Morgan fingerprint density at radius 1 is 0.950 bits per heavy atom. The standard InChI is InChI=1S/2C4H5N3O2S/c2*1-6(7(8)9)4-5-2-3-10-4/h2*2-3H,1H3. The lowest BCUT2D eigenvalue weighted by atomic mass is 11.0. The van der Waals surface area contributed by atoms with Crippen LogP contribution >= 0.6 is 22.7 Å². The van der Waals surface area contributed by atoms with Crippen molar-refractivity contribution in [1.82, 2.24) is 9.97 Å². The number of hydrazine groups is 2. The second-order valence-corrected chi connectivity index (χ2v) is 4.90. The van der Waals surface area contributed by atoms with Gasteiger partial charge >= 0.3 is 0 Å². The average Bonchev–Trinajstić information content (AvgIpc) is 3.10. The van der Waals surface area contributed by atoms with E-state index in [-0.39, 0.29) is 0 Å². The van der Waals surface area contributed by atoms with Crippen molar-refractivity contribution in [1.29, 1.82) is 0 Å². The molecule has 0 aromatic carbocycles. The molecule has 0 saturated heterocycles. The van der Waals surface area contributed by atoms with Crippen molar-refractivity contribution < 1.29 is 10.1 Å². The third-order valence-corrected chi connectivity index (χ3v) is 3.56. The predicted molar refractivity (Wildman–Crippen MR) is 75.0 cm³/mol. The maximum atomic E-state index is 10.1. The van der Waals surface area contributed by atoms with Gasteiger partial charge in [-0.2, -0.15) is 0 Å². The zero-order valence-corrected chi connectivity index (χ0v) is 12.1. The maximum Gasteiger partial charge on any atom is 0.248 e. The van der Waals surface area contributed by atoms with Crippen LogP contribution in [-0.2, 0) is 0 Å². The van der Waals surface area contributed by atoms with E-state index in [0.717, 1.165) is 10.0 Å². The van der Waals surface area contributed by atoms with Crippen LogP contribution in [0.15, 0.2) is 23.2 Å². The Morgan fingerprint density at radius 2 is 1.30 bits per heavy atom. The fourth-order valence-corrected chi connectivity index (χ4v) is 2.06. The van der Waals surface area contributed by atoms with Gasteiger partial charge in [-0.15, -0.1) is 0 Å². The normalized spacial score (nSPS) is 9.30. The van der Waals surface area contributed by atoms with Crippen molar-refractivity contribution in [2.24, 2.45) is 0 Å². The monoisotopic (exact) mass is 318 g/mol. The molecule has 0 unspecified atom stereocenters. The van der Waals surface area contributed by atoms with E-state index in [2.05, 4.69) is 9.97 Å². The Bertz CT molecular complexity index is 495. The van der Waals surface area contributed by atoms with E-state index >= 15 is 0 Å². The van der Waals surface area contributed by atoms with Gasteiger partial charge in [-0.1, -0.05) is 32.7 Å². The summed E-state index contributed by atoms with van der Waals surface area (Å²) in [5.74, 6) is 0. The van der Waals surface area contributed by atoms with Crippen LogP contribution in [0, 0.1) is 20.2 Å². The summed E-state index contributed by atoms with van der Waals surface area (Å²) in [4.78, 5) is 27.7. The molecule has 0 amide bonds. The molecule has 0 spiro atoms. The minimum atomic E-state index is -0.515. The molecule has 2 aromatic heterocycles. The van der Waals surface area contributed by atoms with E-state index < -0.39 is 10.1 Å². The molecule has 0 bridgehead atoms. The van der Waals surface area contributed by atoms with Gasteiger partial charge in [-0.05, 0) is 0 Å². The molecule has 0 atom stereocenters. The first-order valence-corrected chi connectivity index (χ1v) is 6.74. The van der Waals surface area contributed by atoms with Gasteiger partial charge < -0.3 is 0 Å². The summed E-state index contributed by atoms with van der Waals surface area (Å²) in [7, 11) is 2.72. The first-order valence-electron chi connectivity index (χ1n) is 4.98. The van der Waals surface area contributed by atoms with Crippen LogP contribution in [0.25, 0.3) is 0 Å². The van der Waals surface area contributed by atoms with Gasteiger partial charge in [-0.3, -0.25) is 0 Å². The van der Waals surface area contributed by atoms with Gasteiger partial charge in [0.25, 0.3) is 0 Å². The van der Waals surface area contributed by atoms with Crippen LogP contribution in [0.2, 0.25) is 0 Å². The third-order valence-electron chi connectivity index (χ3n) is 1.88. The quantitative estimate of drug-likeness (QED) is 0.615. The number of rotatable bonds is 4. The molecule has 12 heteroatoms. The lowest BCUT2D eigenvalue weighted by Gasteiger charge is -2.00. The van der Waals surface area contributed by atoms with Crippen LogP contribution in [0.4, 0.5) is 10.3 Å². The van der Waals surface area contributed by atoms with Crippen LogP contribution in [0.3, 0.4) is 0 Å². The predicted octanol–water partition coefficient (Wildman–Crippen LogP) is 1.54. The topological polar surface area (TPSA) is 119 Å². The molecule has 0 aliphatic carbocycles. The highest BCUT2D eigenvalue weighted by atomic mass is 32.1. The summed E-state index contributed by atoms with van der Waals surface area (Å²) in [5.41, 5.74) is 0. The fraction of sp³-hybridized carbons (Fsp3) is 0.250. The van der Waals surface area contributed by atoms with E-state index in [4.69, 9.17) is 0 Å². The Balaban J connectivity index is 0.000000200. The minimum absolute atomic E-state index is 0.394. The highest BCUT2D eigenvalue weighted by Gasteiger charge is 2.12. The summed E-state index contributed by atoms with van der Waals surface area (Å²) in [6, 6.07) is 0. The summed E-state index contributed by atoms with van der Waals surface area (Å²) in [6.45, 7) is 0. The van der Waals surface area contributed by atoms with Gasteiger partial charge in [0.2, 0.25) is 10.3 Å². The third kappa shape index (κ3) is 4.40. The molecule has 0 radical (unpaired) electrons. The molecule has 2 heterocycles. The number of nitrogens with zero attached hydrogens (tertiary/aromatic N) is 6. The maximum absolute atomic E-state index is 10.1. The second kappa shape index (κ2) is 7.30. The van der Waals surface area contributed by atoms with Crippen LogP contribution in [-0.4, -0.2) is 34.1 Å². The smallest absolute Gasteiger partial charge is 0.234 e. The van der Waals surface area contributed by atoms with Crippen LogP contribution < -0.4 is 10.0 Å². The SMILES string of the molecule is CN(c1nccs1)[N+](=O)[O-].CN(c1nccs1)[N+](=O)[O-]. The number of nitro groups is 2. The molecule has 0 aliphatic rings. The Morgan fingerprint density at radius 3 is 1.50 bits per heavy atom. The molecule has 2 rings (SSSR count). The van der Waals surface area contributed by atoms with Gasteiger partial charge in [0, 0.05) is 23.2 Å². The average molecular weight is 318 g/mol. The van der Waals surface area contributed by atoms with E-state index in [9.17, 15) is 20.2 Å². The van der Waals surface area contributed by atoms with Crippen molar-refractivity contribution in [2.45, 2.75) is 0 Å². The van der Waals surface area contributed by atoms with Crippen molar-refractivity contribution in [3.05, 3.63) is 43.4 Å². The highest BCUT2D eigenvalue weighted by molar-refractivity contribution is 7.13. The molecule has 0 aliphatic heterocycles. The summed E-state index contributed by atoms with van der Waals surface area (Å²) in [5, 5.41) is 25.1. The molecular weight excluding hydrogens is 308 g/mol. The van der Waals surface area contributed by atoms with Gasteiger partial charge in [-0.25, -0.2) is 30.2 Å². The molecule has 0 saturated carbocycles. The number of anilines is 2. The Labute approximate surface area is 121 Å². The van der Waals surface area contributed by atoms with Crippen molar-refractivity contribution in [3.63, 3.8) is 0 Å². The van der Waals surface area contributed by atoms with Crippen LogP contribution in [0.1, 0.15) is 0 Å². The van der Waals surface area contributed by atoms with Crippen molar-refractivity contribution >= 4 is 32.9 Å². The summed E-state index contributed by atoms with van der Waals surface area (Å²) >= 11 is 2.46. The van der Waals surface area contributed by atoms with Crippen LogP contribution in [0.5, 0.6) is 0 Å². The van der Waals surface area contributed by atoms with Gasteiger partial charge in [0.1, 0.15) is 0 Å². The second-order valence-electron chi connectivity index (χ2n) is 3.15. The first kappa shape index (κ1) is 15.7. The zero-order valence-electron chi connectivity index (χ0n) is 10.4. The molecule has 0 fully saturated rings. The number of hydrogen-bond donors (Lipinski definition) is 0. The Hall–Kier alpha value is -2.34. The van der Waals surface area contributed by atoms with Crippen molar-refractivity contribution in [3.8, 4) is 0 Å². The fourth-order valence-electron chi connectivity index (χ4n) is 0.891. The van der Waals surface area contributed by atoms with Gasteiger partial charge in [0.15, 0.2) is 10.1 Å². The largest absolute Gasteiger partial charge is 0.248 e. The van der Waals surface area contributed by atoms with E-state index in [1.807, 2.05) is 0 Å². The molecular formula is C8H10N6O4S2. The summed E-state index contributed by atoms with van der Waals surface area (Å²) < 4.78 is 0. The minimum Gasteiger partial charge on any atom is -0.234 e. The number of thiazole rings is 2. The first-order chi connectivity index (χ1) is 9.43. The molecule has 20 heavy (non-hydrogen) atoms. The van der Waals surface area contributed by atoms with Gasteiger partial charge in [0.05, 0.1) is 14.1 Å². The van der Waals surface area contributed by atoms with E-state index in [0.29, 0.717) is 10.3 Å². The molecule has 108 valence electrons.